The van der Waals surface area contributed by atoms with Gasteiger partial charge in [-0.15, -0.1) is 0 Å². The minimum absolute atomic E-state index is 0.723. The molecule has 0 saturated heterocycles. The predicted molar refractivity (Wildman–Crippen MR) is 80.8 cm³/mol. The summed E-state index contributed by atoms with van der Waals surface area (Å²) in [4.78, 5) is 10.7. The number of nitrogens with zero attached hydrogens (tertiary/aromatic N) is 3. The molecular formula is C15H20N4O. The van der Waals surface area contributed by atoms with Crippen molar-refractivity contribution >= 4 is 22.4 Å². The molecule has 1 aromatic carbocycles. The van der Waals surface area contributed by atoms with Crippen molar-refractivity contribution < 1.29 is 4.74 Å². The lowest BCUT2D eigenvalue weighted by Gasteiger charge is -2.19. The molecule has 0 bridgehead atoms. The Balaban J connectivity index is 1.69. The van der Waals surface area contributed by atoms with Crippen molar-refractivity contribution in [3.63, 3.8) is 0 Å². The van der Waals surface area contributed by atoms with E-state index in [1.165, 1.54) is 12.8 Å². The summed E-state index contributed by atoms with van der Waals surface area (Å²) in [6.07, 6.45) is 4.24. The molecule has 20 heavy (non-hydrogen) atoms. The highest BCUT2D eigenvalue weighted by atomic mass is 16.5. The molecule has 1 aliphatic carbocycles. The predicted octanol–water partition coefficient (Wildman–Crippen LogP) is 2.07. The van der Waals surface area contributed by atoms with E-state index < -0.39 is 0 Å². The van der Waals surface area contributed by atoms with Crippen molar-refractivity contribution in [1.82, 2.24) is 9.97 Å². The van der Waals surface area contributed by atoms with Crippen molar-refractivity contribution in [3.8, 4) is 0 Å². The zero-order valence-electron chi connectivity index (χ0n) is 11.7. The van der Waals surface area contributed by atoms with Crippen molar-refractivity contribution in [1.29, 1.82) is 0 Å². The molecule has 3 rings (SSSR count). The molecule has 1 saturated carbocycles. The Bertz CT molecular complexity index is 597. The van der Waals surface area contributed by atoms with Gasteiger partial charge in [-0.05, 0) is 37.0 Å². The molecule has 0 atom stereocenters. The van der Waals surface area contributed by atoms with Crippen molar-refractivity contribution in [2.24, 2.45) is 5.92 Å². The summed E-state index contributed by atoms with van der Waals surface area (Å²) in [6, 6.07) is 5.71. The number of ether oxygens (including phenoxy) is 1. The molecule has 1 aliphatic rings. The summed E-state index contributed by atoms with van der Waals surface area (Å²) < 4.78 is 5.68. The average Bonchev–Trinajstić information content (AvgIpc) is 3.27. The monoisotopic (exact) mass is 272 g/mol. The topological polar surface area (TPSA) is 64.3 Å². The van der Waals surface area contributed by atoms with Crippen LogP contribution in [0.1, 0.15) is 12.8 Å². The number of hydrogen-bond acceptors (Lipinski definition) is 5. The van der Waals surface area contributed by atoms with Crippen LogP contribution in [0.3, 0.4) is 0 Å². The number of aromatic nitrogens is 2. The normalized spacial score (nSPS) is 14.7. The fourth-order valence-electron chi connectivity index (χ4n) is 2.21. The molecule has 0 aliphatic heterocycles. The first-order valence-electron chi connectivity index (χ1n) is 7.03. The van der Waals surface area contributed by atoms with Gasteiger partial charge in [-0.1, -0.05) is 0 Å². The van der Waals surface area contributed by atoms with Gasteiger partial charge in [0.2, 0.25) is 0 Å². The molecule has 0 radical (unpaired) electrons. The van der Waals surface area contributed by atoms with Crippen molar-refractivity contribution in [2.45, 2.75) is 12.8 Å². The molecule has 1 fully saturated rings. The van der Waals surface area contributed by atoms with Crippen LogP contribution in [0.25, 0.3) is 10.9 Å². The SMILES string of the molecule is CN(CCOCC1CC1)c1ncnc2ccc(N)cc12. The van der Waals surface area contributed by atoms with Gasteiger partial charge in [-0.3, -0.25) is 0 Å². The quantitative estimate of drug-likeness (QED) is 0.644. The zero-order valence-corrected chi connectivity index (χ0v) is 11.7. The fourth-order valence-corrected chi connectivity index (χ4v) is 2.21. The van der Waals surface area contributed by atoms with Gasteiger partial charge < -0.3 is 15.4 Å². The maximum Gasteiger partial charge on any atom is 0.139 e. The Morgan fingerprint density at radius 2 is 2.20 bits per heavy atom. The van der Waals surface area contributed by atoms with Crippen LogP contribution in [0.15, 0.2) is 24.5 Å². The number of fused-ring (bicyclic) bond motifs is 1. The van der Waals surface area contributed by atoms with Gasteiger partial charge in [0.05, 0.1) is 12.1 Å². The summed E-state index contributed by atoms with van der Waals surface area (Å²) in [7, 11) is 2.02. The van der Waals surface area contributed by atoms with E-state index in [0.717, 1.165) is 48.1 Å². The van der Waals surface area contributed by atoms with Crippen molar-refractivity contribution in [2.75, 3.05) is 37.4 Å². The van der Waals surface area contributed by atoms with E-state index in [0.29, 0.717) is 0 Å². The second kappa shape index (κ2) is 5.63. The first kappa shape index (κ1) is 13.1. The summed E-state index contributed by atoms with van der Waals surface area (Å²) in [6.45, 7) is 2.43. The lowest BCUT2D eigenvalue weighted by molar-refractivity contribution is 0.131. The minimum Gasteiger partial charge on any atom is -0.399 e. The number of hydrogen-bond donors (Lipinski definition) is 1. The highest BCUT2D eigenvalue weighted by molar-refractivity contribution is 5.91. The van der Waals surface area contributed by atoms with Gasteiger partial charge in [0.25, 0.3) is 0 Å². The average molecular weight is 272 g/mol. The molecule has 106 valence electrons. The maximum atomic E-state index is 5.86. The summed E-state index contributed by atoms with van der Waals surface area (Å²) in [5, 5.41) is 0.984. The second-order valence-corrected chi connectivity index (χ2v) is 5.41. The highest BCUT2D eigenvalue weighted by Gasteiger charge is 2.21. The molecule has 0 amide bonds. The van der Waals surface area contributed by atoms with Gasteiger partial charge in [0.1, 0.15) is 12.1 Å². The van der Waals surface area contributed by atoms with Crippen LogP contribution in [-0.2, 0) is 4.74 Å². The van der Waals surface area contributed by atoms with Gasteiger partial charge >= 0.3 is 0 Å². The van der Waals surface area contributed by atoms with Gasteiger partial charge in [0.15, 0.2) is 0 Å². The number of nitrogen functional groups attached to an aromatic ring is 1. The Morgan fingerprint density at radius 1 is 1.35 bits per heavy atom. The number of likely N-dealkylation sites (N-methyl/N-ethyl adjacent to an activating group) is 1. The molecule has 0 unspecified atom stereocenters. The Labute approximate surface area is 118 Å². The fraction of sp³-hybridized carbons (Fsp3) is 0.467. The van der Waals surface area contributed by atoms with Crippen LogP contribution in [0, 0.1) is 5.92 Å². The molecule has 2 aromatic rings. The van der Waals surface area contributed by atoms with Crippen LogP contribution in [0.4, 0.5) is 11.5 Å². The number of anilines is 2. The van der Waals surface area contributed by atoms with Gasteiger partial charge in [-0.25, -0.2) is 9.97 Å². The van der Waals surface area contributed by atoms with Crippen LogP contribution in [-0.4, -0.2) is 36.8 Å². The number of nitrogens with two attached hydrogens (primary N) is 1. The number of benzene rings is 1. The molecule has 5 heteroatoms. The first-order valence-corrected chi connectivity index (χ1v) is 7.03. The third-order valence-electron chi connectivity index (χ3n) is 3.62. The third-order valence-corrected chi connectivity index (χ3v) is 3.62. The standard InChI is InChI=1S/C15H20N4O/c1-19(6-7-20-9-11-2-3-11)15-13-8-12(16)4-5-14(13)17-10-18-15/h4-5,8,10-11H,2-3,6-7,9,16H2,1H3. The molecule has 1 heterocycles. The lowest BCUT2D eigenvalue weighted by Crippen LogP contribution is -2.24. The third kappa shape index (κ3) is 2.99. The largest absolute Gasteiger partial charge is 0.399 e. The smallest absolute Gasteiger partial charge is 0.139 e. The Hall–Kier alpha value is -1.88. The Morgan fingerprint density at radius 3 is 3.00 bits per heavy atom. The van der Waals surface area contributed by atoms with Crippen LogP contribution >= 0.6 is 0 Å². The van der Waals surface area contributed by atoms with E-state index in [2.05, 4.69) is 14.9 Å². The van der Waals surface area contributed by atoms with Crippen LogP contribution < -0.4 is 10.6 Å². The van der Waals surface area contributed by atoms with E-state index in [4.69, 9.17) is 10.5 Å². The van der Waals surface area contributed by atoms with E-state index in [1.807, 2.05) is 25.2 Å². The lowest BCUT2D eigenvalue weighted by atomic mass is 10.2. The van der Waals surface area contributed by atoms with Crippen molar-refractivity contribution in [3.05, 3.63) is 24.5 Å². The summed E-state index contributed by atoms with van der Waals surface area (Å²) in [5.74, 6) is 1.71. The molecule has 2 N–H and O–H groups in total. The zero-order chi connectivity index (χ0) is 13.9. The van der Waals surface area contributed by atoms with E-state index in [-0.39, 0.29) is 0 Å². The van der Waals surface area contributed by atoms with E-state index in [9.17, 15) is 0 Å². The van der Waals surface area contributed by atoms with E-state index >= 15 is 0 Å². The number of rotatable bonds is 6. The van der Waals surface area contributed by atoms with Crippen LogP contribution in [0.2, 0.25) is 0 Å². The molecule has 1 aromatic heterocycles. The highest BCUT2D eigenvalue weighted by Crippen LogP contribution is 2.28. The van der Waals surface area contributed by atoms with Gasteiger partial charge in [-0.2, -0.15) is 0 Å². The maximum absolute atomic E-state index is 5.86. The summed E-state index contributed by atoms with van der Waals surface area (Å²) in [5.41, 5.74) is 7.50. The molecule has 5 nitrogen and oxygen atoms in total. The van der Waals surface area contributed by atoms with E-state index in [1.54, 1.807) is 6.33 Å². The van der Waals surface area contributed by atoms with Gasteiger partial charge in [0, 0.05) is 31.3 Å². The molecular weight excluding hydrogens is 252 g/mol. The molecule has 0 spiro atoms. The first-order chi connectivity index (χ1) is 9.74. The second-order valence-electron chi connectivity index (χ2n) is 5.41. The Kier molecular flexibility index (Phi) is 3.69. The minimum atomic E-state index is 0.723. The van der Waals surface area contributed by atoms with Crippen LogP contribution in [0.5, 0.6) is 0 Å². The summed E-state index contributed by atoms with van der Waals surface area (Å²) >= 11 is 0.